The van der Waals surface area contributed by atoms with Crippen LogP contribution in [0.2, 0.25) is 10.0 Å². The van der Waals surface area contributed by atoms with Gasteiger partial charge in [0, 0.05) is 24.2 Å². The van der Waals surface area contributed by atoms with Crippen LogP contribution in [0.25, 0.3) is 11.1 Å². The monoisotopic (exact) mass is 464 g/mol. The number of nitrogens with one attached hydrogen (secondary N) is 1. The van der Waals surface area contributed by atoms with Crippen LogP contribution >= 0.6 is 23.2 Å². The quantitative estimate of drug-likeness (QED) is 0.556. The van der Waals surface area contributed by atoms with Gasteiger partial charge in [0.1, 0.15) is 11.4 Å². The van der Waals surface area contributed by atoms with Gasteiger partial charge in [0.25, 0.3) is 0 Å². The molecule has 2 aromatic rings. The minimum absolute atomic E-state index is 0.305. The summed E-state index contributed by atoms with van der Waals surface area (Å²) in [5.41, 5.74) is 2.01. The number of nitrogens with zero attached hydrogens (tertiary/aromatic N) is 1. The molecule has 2 aromatic carbocycles. The summed E-state index contributed by atoms with van der Waals surface area (Å²) in [5, 5.41) is 4.10. The third-order valence-electron chi connectivity index (χ3n) is 5.45. The average Bonchev–Trinajstić information content (AvgIpc) is 2.68. The zero-order chi connectivity index (χ0) is 22.8. The number of ether oxygens (including phenoxy) is 2. The molecular formula is C24H30Cl2N2O3. The van der Waals surface area contributed by atoms with Crippen molar-refractivity contribution in [2.24, 2.45) is 0 Å². The first-order valence-corrected chi connectivity index (χ1v) is 11.2. The van der Waals surface area contributed by atoms with Crippen LogP contribution in [0, 0.1) is 0 Å². The summed E-state index contributed by atoms with van der Waals surface area (Å²) in [6, 6.07) is 11.7. The molecule has 0 radical (unpaired) electrons. The maximum Gasteiger partial charge on any atom is 0.408 e. The smallest absolute Gasteiger partial charge is 0.408 e. The molecule has 1 amide bonds. The summed E-state index contributed by atoms with van der Waals surface area (Å²) in [7, 11) is 1.67. The number of alkyl carbamates (subject to hydrolysis) is 1. The highest BCUT2D eigenvalue weighted by Crippen LogP contribution is 2.39. The van der Waals surface area contributed by atoms with Gasteiger partial charge in [-0.15, -0.1) is 0 Å². The van der Waals surface area contributed by atoms with Crippen molar-refractivity contribution < 1.29 is 14.3 Å². The summed E-state index contributed by atoms with van der Waals surface area (Å²) < 4.78 is 11.1. The number of methoxy groups -OCH3 is 1. The normalized spacial score (nSPS) is 16.0. The summed E-state index contributed by atoms with van der Waals surface area (Å²) >= 11 is 12.6. The first-order chi connectivity index (χ1) is 14.5. The number of carbonyl (C=O) groups excluding carboxylic acids is 1. The molecule has 1 aliphatic heterocycles. The number of carbonyl (C=O) groups is 1. The van der Waals surface area contributed by atoms with Crippen LogP contribution in [0.4, 0.5) is 10.5 Å². The minimum Gasteiger partial charge on any atom is -0.495 e. The summed E-state index contributed by atoms with van der Waals surface area (Å²) in [6.07, 6.45) is 1.23. The fraction of sp³-hybridized carbons (Fsp3) is 0.458. The predicted molar refractivity (Wildman–Crippen MR) is 128 cm³/mol. The van der Waals surface area contributed by atoms with E-state index in [1.54, 1.807) is 13.2 Å². The van der Waals surface area contributed by atoms with E-state index in [9.17, 15) is 4.79 Å². The van der Waals surface area contributed by atoms with E-state index < -0.39 is 5.60 Å². The number of piperidine rings is 1. The Hall–Kier alpha value is -2.11. The van der Waals surface area contributed by atoms with Crippen molar-refractivity contribution in [1.82, 2.24) is 5.32 Å². The zero-order valence-corrected chi connectivity index (χ0v) is 20.2. The molecule has 1 N–H and O–H groups in total. The molecule has 0 atom stereocenters. The van der Waals surface area contributed by atoms with Gasteiger partial charge in [-0.1, -0.05) is 41.4 Å². The first kappa shape index (κ1) is 23.6. The van der Waals surface area contributed by atoms with Crippen molar-refractivity contribution in [3.05, 3.63) is 46.4 Å². The highest BCUT2D eigenvalue weighted by molar-refractivity contribution is 6.43. The molecule has 0 saturated carbocycles. The van der Waals surface area contributed by atoms with Crippen LogP contribution in [0.3, 0.4) is 0 Å². The predicted octanol–water partition coefficient (Wildman–Crippen LogP) is 6.55. The van der Waals surface area contributed by atoms with E-state index in [1.807, 2.05) is 45.0 Å². The molecule has 31 heavy (non-hydrogen) atoms. The van der Waals surface area contributed by atoms with Crippen LogP contribution in [0.5, 0.6) is 5.75 Å². The van der Waals surface area contributed by atoms with E-state index in [4.69, 9.17) is 32.7 Å². The third kappa shape index (κ3) is 5.78. The topological polar surface area (TPSA) is 50.8 Å². The molecular weight excluding hydrogens is 435 g/mol. The number of benzene rings is 2. The van der Waals surface area contributed by atoms with Gasteiger partial charge in [-0.05, 0) is 64.3 Å². The van der Waals surface area contributed by atoms with Crippen LogP contribution in [-0.4, -0.2) is 37.4 Å². The molecule has 1 heterocycles. The van der Waals surface area contributed by atoms with E-state index in [1.165, 1.54) is 0 Å². The maximum atomic E-state index is 12.2. The summed E-state index contributed by atoms with van der Waals surface area (Å²) in [4.78, 5) is 14.5. The number of halogens is 2. The highest BCUT2D eigenvalue weighted by atomic mass is 35.5. The zero-order valence-electron chi connectivity index (χ0n) is 18.7. The van der Waals surface area contributed by atoms with Gasteiger partial charge < -0.3 is 19.7 Å². The number of rotatable bonds is 4. The summed E-state index contributed by atoms with van der Waals surface area (Å²) in [5.74, 6) is 0.775. The fourth-order valence-corrected chi connectivity index (χ4v) is 4.16. The van der Waals surface area contributed by atoms with Gasteiger partial charge in [0.05, 0.1) is 22.8 Å². The lowest BCUT2D eigenvalue weighted by atomic mass is 9.89. The Labute approximate surface area is 194 Å². The second kappa shape index (κ2) is 9.17. The SMILES string of the molecule is COc1cc(-c2cccc(Cl)c2Cl)ccc1N1CCC(C)(NC(=O)OC(C)(C)C)CC1. The lowest BCUT2D eigenvalue weighted by Gasteiger charge is -2.41. The van der Waals surface area contributed by atoms with Crippen LogP contribution in [-0.2, 0) is 4.74 Å². The van der Waals surface area contributed by atoms with E-state index >= 15 is 0 Å². The number of anilines is 1. The second-order valence-corrected chi connectivity index (χ2v) is 9.95. The Kier molecular flexibility index (Phi) is 6.97. The van der Waals surface area contributed by atoms with Crippen molar-refractivity contribution in [2.45, 2.75) is 51.7 Å². The molecule has 1 fully saturated rings. The molecule has 0 bridgehead atoms. The van der Waals surface area contributed by atoms with Crippen LogP contribution < -0.4 is 15.0 Å². The lowest BCUT2D eigenvalue weighted by Crippen LogP contribution is -2.54. The Morgan fingerprint density at radius 1 is 1.13 bits per heavy atom. The number of hydrogen-bond donors (Lipinski definition) is 1. The van der Waals surface area contributed by atoms with E-state index in [0.717, 1.165) is 48.5 Å². The molecule has 0 aromatic heterocycles. The summed E-state index contributed by atoms with van der Waals surface area (Å²) in [6.45, 7) is 9.24. The molecule has 0 aliphatic carbocycles. The largest absolute Gasteiger partial charge is 0.495 e. The van der Waals surface area contributed by atoms with Gasteiger partial charge in [0.15, 0.2) is 0 Å². The third-order valence-corrected chi connectivity index (χ3v) is 6.27. The van der Waals surface area contributed by atoms with E-state index in [-0.39, 0.29) is 11.6 Å². The Morgan fingerprint density at radius 3 is 2.42 bits per heavy atom. The van der Waals surface area contributed by atoms with Crippen molar-refractivity contribution >= 4 is 35.0 Å². The molecule has 3 rings (SSSR count). The molecule has 0 unspecified atom stereocenters. The van der Waals surface area contributed by atoms with Gasteiger partial charge >= 0.3 is 6.09 Å². The molecule has 1 aliphatic rings. The van der Waals surface area contributed by atoms with Crippen molar-refractivity contribution in [3.63, 3.8) is 0 Å². The fourth-order valence-electron chi connectivity index (χ4n) is 3.75. The highest BCUT2D eigenvalue weighted by Gasteiger charge is 2.33. The van der Waals surface area contributed by atoms with E-state index in [0.29, 0.717) is 10.0 Å². The average molecular weight is 465 g/mol. The molecule has 1 saturated heterocycles. The van der Waals surface area contributed by atoms with Gasteiger partial charge in [-0.3, -0.25) is 0 Å². The molecule has 0 spiro atoms. The Bertz CT molecular complexity index is 948. The van der Waals surface area contributed by atoms with Crippen molar-refractivity contribution in [2.75, 3.05) is 25.1 Å². The van der Waals surface area contributed by atoms with Crippen molar-refractivity contribution in [3.8, 4) is 16.9 Å². The minimum atomic E-state index is -0.512. The molecule has 7 heteroatoms. The number of amides is 1. The maximum absolute atomic E-state index is 12.2. The lowest BCUT2D eigenvalue weighted by molar-refractivity contribution is 0.0448. The standard InChI is InChI=1S/C24H30Cl2N2O3/c1-23(2,3)31-22(29)27-24(4)11-13-28(14-12-24)19-10-9-16(15-20(19)30-5)17-7-6-8-18(25)21(17)26/h6-10,15H,11-14H2,1-5H3,(H,27,29). The van der Waals surface area contributed by atoms with Gasteiger partial charge in [-0.2, -0.15) is 0 Å². The molecule has 168 valence electrons. The number of hydrogen-bond acceptors (Lipinski definition) is 4. The van der Waals surface area contributed by atoms with Gasteiger partial charge in [0.2, 0.25) is 0 Å². The van der Waals surface area contributed by atoms with Crippen molar-refractivity contribution in [1.29, 1.82) is 0 Å². The molecule has 5 nitrogen and oxygen atoms in total. The van der Waals surface area contributed by atoms with Crippen LogP contribution in [0.15, 0.2) is 36.4 Å². The van der Waals surface area contributed by atoms with E-state index in [2.05, 4.69) is 23.2 Å². The Morgan fingerprint density at radius 2 is 1.81 bits per heavy atom. The van der Waals surface area contributed by atoms with Gasteiger partial charge in [-0.25, -0.2) is 4.79 Å². The first-order valence-electron chi connectivity index (χ1n) is 10.4. The second-order valence-electron chi connectivity index (χ2n) is 9.16. The van der Waals surface area contributed by atoms with Crippen LogP contribution in [0.1, 0.15) is 40.5 Å². The Balaban J connectivity index is 1.73.